The minimum atomic E-state index is -1.15. The molecule has 0 aliphatic heterocycles. The minimum Gasteiger partial charge on any atom is -0.479 e. The number of ether oxygens (including phenoxy) is 1. The molecule has 2 N–H and O–H groups in total. The van der Waals surface area contributed by atoms with Crippen LogP contribution in [0.1, 0.15) is 53.9 Å². The third kappa shape index (κ3) is 2.44. The first-order valence-corrected chi connectivity index (χ1v) is 6.37. The van der Waals surface area contributed by atoms with Crippen molar-refractivity contribution in [3.05, 3.63) is 0 Å². The van der Waals surface area contributed by atoms with Crippen LogP contribution in [0, 0.1) is 5.41 Å². The SMILES string of the molecule is CCC1(CC)C[C@]1(NC(=O)OC(C)(C)C)C(=O)O. The van der Waals surface area contributed by atoms with E-state index in [-0.39, 0.29) is 5.41 Å². The van der Waals surface area contributed by atoms with Crippen LogP contribution in [0.2, 0.25) is 0 Å². The lowest BCUT2D eigenvalue weighted by Gasteiger charge is -2.25. The molecule has 5 nitrogen and oxygen atoms in total. The average molecular weight is 257 g/mol. The number of hydrogen-bond acceptors (Lipinski definition) is 3. The van der Waals surface area contributed by atoms with Crippen molar-refractivity contribution in [1.82, 2.24) is 5.32 Å². The van der Waals surface area contributed by atoms with Crippen molar-refractivity contribution in [2.45, 2.75) is 65.0 Å². The standard InChI is InChI=1S/C13H23NO4/c1-6-12(7-2)8-13(12,9(15)16)14-10(17)18-11(3,4)5/h6-8H2,1-5H3,(H,14,17)(H,15,16)/t13-/m0/s1. The number of carboxylic acids is 1. The van der Waals surface area contributed by atoms with Crippen molar-refractivity contribution < 1.29 is 19.4 Å². The highest BCUT2D eigenvalue weighted by molar-refractivity contribution is 5.89. The molecule has 0 radical (unpaired) electrons. The summed E-state index contributed by atoms with van der Waals surface area (Å²) in [6.45, 7) is 9.15. The van der Waals surface area contributed by atoms with Crippen LogP contribution >= 0.6 is 0 Å². The first kappa shape index (κ1) is 14.8. The minimum absolute atomic E-state index is 0.338. The van der Waals surface area contributed by atoms with Gasteiger partial charge in [0.15, 0.2) is 0 Å². The van der Waals surface area contributed by atoms with E-state index in [0.717, 1.165) is 12.8 Å². The smallest absolute Gasteiger partial charge is 0.408 e. The summed E-state index contributed by atoms with van der Waals surface area (Å²) >= 11 is 0. The quantitative estimate of drug-likeness (QED) is 0.811. The first-order chi connectivity index (χ1) is 8.12. The van der Waals surface area contributed by atoms with E-state index in [4.69, 9.17) is 4.74 Å². The number of hydrogen-bond donors (Lipinski definition) is 2. The Morgan fingerprint density at radius 2 is 1.78 bits per heavy atom. The van der Waals surface area contributed by atoms with Crippen LogP contribution in [-0.2, 0) is 9.53 Å². The van der Waals surface area contributed by atoms with E-state index in [2.05, 4.69) is 5.32 Å². The highest BCUT2D eigenvalue weighted by atomic mass is 16.6. The monoisotopic (exact) mass is 257 g/mol. The highest BCUT2D eigenvalue weighted by Gasteiger charge is 2.71. The predicted octanol–water partition coefficient (Wildman–Crippen LogP) is 2.54. The Labute approximate surface area is 108 Å². The van der Waals surface area contributed by atoms with Gasteiger partial charge in [0.2, 0.25) is 0 Å². The van der Waals surface area contributed by atoms with Crippen molar-refractivity contribution in [2.75, 3.05) is 0 Å². The zero-order valence-corrected chi connectivity index (χ0v) is 11.8. The summed E-state index contributed by atoms with van der Waals surface area (Å²) in [7, 11) is 0. The molecule has 1 saturated carbocycles. The molecule has 0 heterocycles. The molecule has 0 spiro atoms. The molecule has 0 unspecified atom stereocenters. The molecule has 5 heteroatoms. The molecule has 1 rings (SSSR count). The van der Waals surface area contributed by atoms with Crippen LogP contribution in [-0.4, -0.2) is 28.3 Å². The number of alkyl carbamates (subject to hydrolysis) is 1. The Morgan fingerprint density at radius 3 is 2.06 bits per heavy atom. The number of carbonyl (C=O) groups is 2. The molecule has 0 aromatic carbocycles. The lowest BCUT2D eigenvalue weighted by atomic mass is 9.93. The van der Waals surface area contributed by atoms with Crippen molar-refractivity contribution in [1.29, 1.82) is 0 Å². The number of rotatable bonds is 4. The second kappa shape index (κ2) is 4.44. The van der Waals surface area contributed by atoms with Gasteiger partial charge in [-0.15, -0.1) is 0 Å². The van der Waals surface area contributed by atoms with Gasteiger partial charge in [-0.25, -0.2) is 9.59 Å². The number of amides is 1. The van der Waals surface area contributed by atoms with Gasteiger partial charge in [0.05, 0.1) is 0 Å². The molecule has 1 fully saturated rings. The highest BCUT2D eigenvalue weighted by Crippen LogP contribution is 2.61. The van der Waals surface area contributed by atoms with Crippen molar-refractivity contribution in [3.63, 3.8) is 0 Å². The Balaban J connectivity index is 2.80. The van der Waals surface area contributed by atoms with Crippen LogP contribution in [0.25, 0.3) is 0 Å². The lowest BCUT2D eigenvalue weighted by Crippen LogP contribution is -2.49. The molecule has 0 saturated heterocycles. The van der Waals surface area contributed by atoms with Crippen LogP contribution in [0.4, 0.5) is 4.79 Å². The van der Waals surface area contributed by atoms with Crippen LogP contribution < -0.4 is 5.32 Å². The second-order valence-corrected chi connectivity index (χ2v) is 6.00. The molecule has 18 heavy (non-hydrogen) atoms. The van der Waals surface area contributed by atoms with E-state index in [9.17, 15) is 14.7 Å². The molecular weight excluding hydrogens is 234 g/mol. The fourth-order valence-corrected chi connectivity index (χ4v) is 2.58. The maximum absolute atomic E-state index is 11.7. The largest absolute Gasteiger partial charge is 0.479 e. The number of carbonyl (C=O) groups excluding carboxylic acids is 1. The summed E-state index contributed by atoms with van der Waals surface area (Å²) in [5.74, 6) is -0.975. The zero-order valence-electron chi connectivity index (χ0n) is 11.8. The zero-order chi connectivity index (χ0) is 14.2. The van der Waals surface area contributed by atoms with Gasteiger partial charge in [0.1, 0.15) is 11.1 Å². The maximum atomic E-state index is 11.7. The normalized spacial score (nSPS) is 25.4. The Kier molecular flexibility index (Phi) is 3.65. The fourth-order valence-electron chi connectivity index (χ4n) is 2.58. The van der Waals surface area contributed by atoms with E-state index < -0.39 is 23.2 Å². The van der Waals surface area contributed by atoms with Crippen molar-refractivity contribution >= 4 is 12.1 Å². The van der Waals surface area contributed by atoms with Gasteiger partial charge in [-0.05, 0) is 40.0 Å². The lowest BCUT2D eigenvalue weighted by molar-refractivity contribution is -0.142. The number of carboxylic acid groups (broad SMARTS) is 1. The molecule has 0 aromatic rings. The summed E-state index contributed by atoms with van der Waals surface area (Å²) in [4.78, 5) is 23.2. The molecule has 0 aromatic heterocycles. The summed E-state index contributed by atoms with van der Waals surface area (Å²) in [6.07, 6.45) is 1.27. The van der Waals surface area contributed by atoms with Gasteiger partial charge in [0, 0.05) is 5.41 Å². The van der Waals surface area contributed by atoms with Crippen molar-refractivity contribution in [2.24, 2.45) is 5.41 Å². The Hall–Kier alpha value is -1.26. The van der Waals surface area contributed by atoms with Crippen LogP contribution in [0.3, 0.4) is 0 Å². The van der Waals surface area contributed by atoms with E-state index in [1.807, 2.05) is 13.8 Å². The number of aliphatic carboxylic acids is 1. The first-order valence-electron chi connectivity index (χ1n) is 6.37. The Morgan fingerprint density at radius 1 is 1.28 bits per heavy atom. The van der Waals surface area contributed by atoms with Gasteiger partial charge in [-0.1, -0.05) is 13.8 Å². The van der Waals surface area contributed by atoms with E-state index in [0.29, 0.717) is 6.42 Å². The molecular formula is C13H23NO4. The van der Waals surface area contributed by atoms with Crippen LogP contribution in [0.5, 0.6) is 0 Å². The van der Waals surface area contributed by atoms with E-state index in [1.165, 1.54) is 0 Å². The van der Waals surface area contributed by atoms with Gasteiger partial charge in [-0.3, -0.25) is 0 Å². The third-order valence-electron chi connectivity index (χ3n) is 3.82. The fraction of sp³-hybridized carbons (Fsp3) is 0.846. The maximum Gasteiger partial charge on any atom is 0.408 e. The predicted molar refractivity (Wildman–Crippen MR) is 67.4 cm³/mol. The molecule has 1 aliphatic carbocycles. The van der Waals surface area contributed by atoms with Gasteiger partial charge >= 0.3 is 12.1 Å². The van der Waals surface area contributed by atoms with Crippen LogP contribution in [0.15, 0.2) is 0 Å². The second-order valence-electron chi connectivity index (χ2n) is 6.00. The molecule has 0 bridgehead atoms. The number of nitrogens with one attached hydrogen (secondary N) is 1. The van der Waals surface area contributed by atoms with Gasteiger partial charge < -0.3 is 15.2 Å². The summed E-state index contributed by atoms with van der Waals surface area (Å²) in [5.41, 5.74) is -2.12. The van der Waals surface area contributed by atoms with E-state index in [1.54, 1.807) is 20.8 Å². The summed E-state index contributed by atoms with van der Waals surface area (Å²) < 4.78 is 5.13. The topological polar surface area (TPSA) is 75.6 Å². The molecule has 1 amide bonds. The summed E-state index contributed by atoms with van der Waals surface area (Å²) in [5, 5.41) is 11.9. The Bertz CT molecular complexity index is 354. The van der Waals surface area contributed by atoms with Gasteiger partial charge in [-0.2, -0.15) is 0 Å². The van der Waals surface area contributed by atoms with E-state index >= 15 is 0 Å². The molecule has 104 valence electrons. The third-order valence-corrected chi connectivity index (χ3v) is 3.82. The average Bonchev–Trinajstić information content (AvgIpc) is 2.85. The van der Waals surface area contributed by atoms with Crippen molar-refractivity contribution in [3.8, 4) is 0 Å². The molecule has 1 aliphatic rings. The van der Waals surface area contributed by atoms with Gasteiger partial charge in [0.25, 0.3) is 0 Å². The molecule has 1 atom stereocenters. The summed E-state index contributed by atoms with van der Waals surface area (Å²) in [6, 6.07) is 0.